The van der Waals surface area contributed by atoms with Crippen LogP contribution in [0.2, 0.25) is 0 Å². The van der Waals surface area contributed by atoms with E-state index >= 15 is 0 Å². The smallest absolute Gasteiger partial charge is 0.181 e. The average Bonchev–Trinajstić information content (AvgIpc) is 2.62. The molecule has 0 amide bonds. The maximum Gasteiger partial charge on any atom is 0.181 e. The Bertz CT molecular complexity index is 404. The van der Waals surface area contributed by atoms with Gasteiger partial charge in [0.2, 0.25) is 0 Å². The number of pyridine rings is 1. The summed E-state index contributed by atoms with van der Waals surface area (Å²) in [6.07, 6.45) is 3.87. The zero-order valence-electron chi connectivity index (χ0n) is 9.28. The van der Waals surface area contributed by atoms with Gasteiger partial charge in [-0.05, 0) is 25.5 Å². The molecular weight excluding hydrogens is 174 g/mol. The highest BCUT2D eigenvalue weighted by atomic mass is 15.3. The van der Waals surface area contributed by atoms with Crippen LogP contribution in [0.25, 0.3) is 11.0 Å². The van der Waals surface area contributed by atoms with Crippen LogP contribution in [-0.2, 0) is 6.54 Å². The first-order valence-corrected chi connectivity index (χ1v) is 5.09. The summed E-state index contributed by atoms with van der Waals surface area (Å²) in [7, 11) is 0. The minimum absolute atomic E-state index is 0.836. The molecule has 3 nitrogen and oxygen atoms in total. The van der Waals surface area contributed by atoms with Gasteiger partial charge in [0.15, 0.2) is 5.65 Å². The molecule has 0 spiro atoms. The van der Waals surface area contributed by atoms with Crippen LogP contribution >= 0.6 is 0 Å². The van der Waals surface area contributed by atoms with Crippen LogP contribution in [0.15, 0.2) is 18.5 Å². The third-order valence-corrected chi connectivity index (χ3v) is 1.87. The summed E-state index contributed by atoms with van der Waals surface area (Å²) in [5.74, 6) is 0. The van der Waals surface area contributed by atoms with Crippen molar-refractivity contribution < 1.29 is 0 Å². The van der Waals surface area contributed by atoms with E-state index in [4.69, 9.17) is 0 Å². The fourth-order valence-electron chi connectivity index (χ4n) is 1.24. The molecule has 0 saturated heterocycles. The van der Waals surface area contributed by atoms with Gasteiger partial charge in [0.1, 0.15) is 0 Å². The van der Waals surface area contributed by atoms with Gasteiger partial charge in [-0.25, -0.2) is 4.98 Å². The van der Waals surface area contributed by atoms with Crippen LogP contribution in [0.5, 0.6) is 0 Å². The van der Waals surface area contributed by atoms with E-state index in [9.17, 15) is 0 Å². The summed E-state index contributed by atoms with van der Waals surface area (Å²) in [4.78, 5) is 4.22. The number of aromatic nitrogens is 3. The number of fused-ring (bicyclic) bond motifs is 1. The molecule has 2 rings (SSSR count). The summed E-state index contributed by atoms with van der Waals surface area (Å²) in [5, 5.41) is 5.40. The molecule has 76 valence electrons. The molecule has 0 fully saturated rings. The van der Waals surface area contributed by atoms with Crippen LogP contribution in [0.1, 0.15) is 26.3 Å². The zero-order chi connectivity index (χ0) is 10.6. The summed E-state index contributed by atoms with van der Waals surface area (Å²) in [6, 6.07) is 2.10. The van der Waals surface area contributed by atoms with Crippen LogP contribution < -0.4 is 0 Å². The predicted octanol–water partition coefficient (Wildman–Crippen LogP) is 2.79. The molecule has 14 heavy (non-hydrogen) atoms. The number of hydrogen-bond acceptors (Lipinski definition) is 2. The monoisotopic (exact) mass is 191 g/mol. The molecule has 2 aromatic heterocycles. The molecule has 0 radical (unpaired) electrons. The molecule has 0 aliphatic heterocycles. The topological polar surface area (TPSA) is 30.7 Å². The second-order valence-electron chi connectivity index (χ2n) is 2.91. The van der Waals surface area contributed by atoms with Gasteiger partial charge in [0.25, 0.3) is 0 Å². The SMILES string of the molecule is CC.CCn1cc2cc(C)cnc2n1. The first-order valence-electron chi connectivity index (χ1n) is 5.09. The van der Waals surface area contributed by atoms with E-state index in [0.29, 0.717) is 0 Å². The van der Waals surface area contributed by atoms with E-state index in [1.165, 1.54) is 5.56 Å². The molecule has 2 aromatic rings. The molecule has 0 bridgehead atoms. The van der Waals surface area contributed by atoms with Gasteiger partial charge in [-0.2, -0.15) is 5.10 Å². The summed E-state index contributed by atoms with van der Waals surface area (Å²) in [6.45, 7) is 9.00. The summed E-state index contributed by atoms with van der Waals surface area (Å²) < 4.78 is 1.90. The lowest BCUT2D eigenvalue weighted by molar-refractivity contribution is 0.666. The van der Waals surface area contributed by atoms with E-state index in [0.717, 1.165) is 17.6 Å². The molecule has 0 aliphatic rings. The molecule has 0 N–H and O–H groups in total. The Morgan fingerprint density at radius 1 is 1.36 bits per heavy atom. The largest absolute Gasteiger partial charge is 0.270 e. The standard InChI is InChI=1S/C9H11N3.C2H6/c1-3-12-6-8-4-7(2)5-10-9(8)11-12;1-2/h4-6H,3H2,1-2H3;1-2H3. The minimum Gasteiger partial charge on any atom is -0.270 e. The highest BCUT2D eigenvalue weighted by Gasteiger charge is 1.99. The van der Waals surface area contributed by atoms with Gasteiger partial charge in [-0.1, -0.05) is 13.8 Å². The molecule has 0 aromatic carbocycles. The number of rotatable bonds is 1. The third kappa shape index (κ3) is 2.10. The Morgan fingerprint density at radius 2 is 2.07 bits per heavy atom. The molecule has 0 unspecified atom stereocenters. The van der Waals surface area contributed by atoms with E-state index in [-0.39, 0.29) is 0 Å². The lowest BCUT2D eigenvalue weighted by Crippen LogP contribution is -1.92. The van der Waals surface area contributed by atoms with Gasteiger partial charge in [0.05, 0.1) is 0 Å². The number of hydrogen-bond donors (Lipinski definition) is 0. The maximum atomic E-state index is 4.28. The number of nitrogens with zero attached hydrogens (tertiary/aromatic N) is 3. The van der Waals surface area contributed by atoms with Crippen LogP contribution in [-0.4, -0.2) is 14.8 Å². The fourth-order valence-corrected chi connectivity index (χ4v) is 1.24. The Balaban J connectivity index is 0.000000461. The zero-order valence-corrected chi connectivity index (χ0v) is 9.28. The minimum atomic E-state index is 0.836. The van der Waals surface area contributed by atoms with Crippen molar-refractivity contribution in [2.45, 2.75) is 34.2 Å². The second kappa shape index (κ2) is 4.74. The van der Waals surface area contributed by atoms with E-state index in [1.54, 1.807) is 0 Å². The van der Waals surface area contributed by atoms with Crippen molar-refractivity contribution >= 4 is 11.0 Å². The normalized spacial score (nSPS) is 9.71. The van der Waals surface area contributed by atoms with Gasteiger partial charge < -0.3 is 0 Å². The van der Waals surface area contributed by atoms with Gasteiger partial charge in [-0.3, -0.25) is 4.68 Å². The fraction of sp³-hybridized carbons (Fsp3) is 0.455. The van der Waals surface area contributed by atoms with Crippen molar-refractivity contribution in [3.63, 3.8) is 0 Å². The molecule has 3 heteroatoms. The molecule has 0 aliphatic carbocycles. The lowest BCUT2D eigenvalue weighted by atomic mass is 10.3. The predicted molar refractivity (Wildman–Crippen MR) is 59.3 cm³/mol. The molecule has 0 saturated carbocycles. The van der Waals surface area contributed by atoms with Crippen molar-refractivity contribution in [3.8, 4) is 0 Å². The Morgan fingerprint density at radius 3 is 2.71 bits per heavy atom. The molecular formula is C11H17N3. The Labute approximate surface area is 84.8 Å². The van der Waals surface area contributed by atoms with Gasteiger partial charge in [-0.15, -0.1) is 0 Å². The Hall–Kier alpha value is -1.38. The third-order valence-electron chi connectivity index (χ3n) is 1.87. The van der Waals surface area contributed by atoms with E-state index in [2.05, 4.69) is 23.1 Å². The van der Waals surface area contributed by atoms with Crippen LogP contribution in [0.3, 0.4) is 0 Å². The number of aryl methyl sites for hydroxylation is 2. The van der Waals surface area contributed by atoms with Crippen molar-refractivity contribution in [2.75, 3.05) is 0 Å². The van der Waals surface area contributed by atoms with Crippen molar-refractivity contribution in [1.82, 2.24) is 14.8 Å². The van der Waals surface area contributed by atoms with Crippen molar-refractivity contribution in [2.24, 2.45) is 0 Å². The highest BCUT2D eigenvalue weighted by Crippen LogP contribution is 2.10. The van der Waals surface area contributed by atoms with Crippen molar-refractivity contribution in [1.29, 1.82) is 0 Å². The average molecular weight is 191 g/mol. The summed E-state index contributed by atoms with van der Waals surface area (Å²) >= 11 is 0. The Kier molecular flexibility index (Phi) is 3.63. The van der Waals surface area contributed by atoms with Gasteiger partial charge in [0, 0.05) is 24.3 Å². The van der Waals surface area contributed by atoms with Crippen molar-refractivity contribution in [3.05, 3.63) is 24.0 Å². The van der Waals surface area contributed by atoms with Gasteiger partial charge >= 0.3 is 0 Å². The molecule has 0 atom stereocenters. The quantitative estimate of drug-likeness (QED) is 0.694. The van der Waals surface area contributed by atoms with E-state index in [1.807, 2.05) is 37.8 Å². The maximum absolute atomic E-state index is 4.28. The highest BCUT2D eigenvalue weighted by molar-refractivity contribution is 5.74. The van der Waals surface area contributed by atoms with Crippen LogP contribution in [0.4, 0.5) is 0 Å². The van der Waals surface area contributed by atoms with Crippen LogP contribution in [0, 0.1) is 6.92 Å². The lowest BCUT2D eigenvalue weighted by Gasteiger charge is -1.88. The first kappa shape index (κ1) is 10.7. The first-order chi connectivity index (χ1) is 6.79. The summed E-state index contributed by atoms with van der Waals surface area (Å²) in [5.41, 5.74) is 2.01. The second-order valence-corrected chi connectivity index (χ2v) is 2.91. The van der Waals surface area contributed by atoms with E-state index < -0.39 is 0 Å². The molecule has 2 heterocycles.